The number of carbonyl (C=O) groups excluding carboxylic acids is 2. The Morgan fingerprint density at radius 1 is 1.20 bits per heavy atom. The van der Waals surface area contributed by atoms with Crippen LogP contribution in [0.2, 0.25) is 0 Å². The van der Waals surface area contributed by atoms with E-state index in [1.54, 1.807) is 0 Å². The first-order chi connectivity index (χ1) is 12.1. The third kappa shape index (κ3) is 4.14. The summed E-state index contributed by atoms with van der Waals surface area (Å²) in [6.07, 6.45) is 4.73. The minimum atomic E-state index is -0.0376. The molecule has 136 valence electrons. The van der Waals surface area contributed by atoms with Crippen LogP contribution in [0.15, 0.2) is 24.3 Å². The van der Waals surface area contributed by atoms with E-state index in [1.165, 1.54) is 0 Å². The summed E-state index contributed by atoms with van der Waals surface area (Å²) in [6, 6.07) is 8.09. The maximum Gasteiger partial charge on any atom is 0.322 e. The third-order valence-corrected chi connectivity index (χ3v) is 5.31. The molecule has 1 aromatic rings. The van der Waals surface area contributed by atoms with Crippen molar-refractivity contribution in [3.63, 3.8) is 0 Å². The number of amides is 3. The van der Waals surface area contributed by atoms with Crippen LogP contribution in [0.3, 0.4) is 0 Å². The molecular weight excluding hydrogens is 314 g/mol. The normalized spacial score (nSPS) is 21.1. The summed E-state index contributed by atoms with van der Waals surface area (Å²) in [4.78, 5) is 28.7. The van der Waals surface area contributed by atoms with Crippen LogP contribution in [0.5, 0.6) is 0 Å². The maximum absolute atomic E-state index is 12.9. The molecule has 5 nitrogen and oxygen atoms in total. The van der Waals surface area contributed by atoms with E-state index in [0.29, 0.717) is 18.9 Å². The van der Waals surface area contributed by atoms with Crippen molar-refractivity contribution in [1.82, 2.24) is 9.80 Å². The average Bonchev–Trinajstić information content (AvgIpc) is 3.00. The van der Waals surface area contributed by atoms with Crippen molar-refractivity contribution >= 4 is 17.6 Å². The molecule has 0 radical (unpaired) electrons. The smallest absolute Gasteiger partial charge is 0.322 e. The van der Waals surface area contributed by atoms with E-state index in [-0.39, 0.29) is 18.0 Å². The second kappa shape index (κ2) is 7.89. The fourth-order valence-corrected chi connectivity index (χ4v) is 3.91. The molecule has 3 rings (SSSR count). The lowest BCUT2D eigenvalue weighted by atomic mass is 10.0. The van der Waals surface area contributed by atoms with E-state index >= 15 is 0 Å². The monoisotopic (exact) mass is 343 g/mol. The molecule has 5 heteroatoms. The molecule has 0 bridgehead atoms. The maximum atomic E-state index is 12.9. The lowest BCUT2D eigenvalue weighted by molar-refractivity contribution is -0.128. The summed E-state index contributed by atoms with van der Waals surface area (Å²) in [7, 11) is 0. The number of anilines is 1. The zero-order valence-electron chi connectivity index (χ0n) is 15.3. The van der Waals surface area contributed by atoms with Gasteiger partial charge in [0.15, 0.2) is 0 Å². The fourth-order valence-electron chi connectivity index (χ4n) is 3.91. The Morgan fingerprint density at radius 2 is 2.00 bits per heavy atom. The van der Waals surface area contributed by atoms with Gasteiger partial charge in [-0.3, -0.25) is 4.79 Å². The van der Waals surface area contributed by atoms with Crippen molar-refractivity contribution < 1.29 is 9.59 Å². The van der Waals surface area contributed by atoms with Gasteiger partial charge in [-0.1, -0.05) is 32.0 Å². The van der Waals surface area contributed by atoms with Crippen LogP contribution >= 0.6 is 0 Å². The first kappa shape index (κ1) is 17.8. The number of urea groups is 1. The van der Waals surface area contributed by atoms with Crippen molar-refractivity contribution in [3.05, 3.63) is 29.8 Å². The molecule has 0 unspecified atom stereocenters. The first-order valence-corrected chi connectivity index (χ1v) is 9.50. The Kier molecular flexibility index (Phi) is 5.61. The topological polar surface area (TPSA) is 52.7 Å². The van der Waals surface area contributed by atoms with Gasteiger partial charge in [-0.15, -0.1) is 0 Å². The molecule has 1 aromatic carbocycles. The second-order valence-electron chi connectivity index (χ2n) is 7.46. The van der Waals surface area contributed by atoms with Crippen LogP contribution < -0.4 is 5.32 Å². The lowest BCUT2D eigenvalue weighted by Gasteiger charge is -2.38. The highest BCUT2D eigenvalue weighted by atomic mass is 16.2. The van der Waals surface area contributed by atoms with Gasteiger partial charge in [-0.25, -0.2) is 4.79 Å². The number of piperidine rings is 1. The number of carbonyl (C=O) groups is 2. The molecule has 1 atom stereocenters. The first-order valence-electron chi connectivity index (χ1n) is 9.50. The number of hydrogen-bond donors (Lipinski definition) is 1. The number of nitrogens with zero attached hydrogens (tertiary/aromatic N) is 2. The standard InChI is InChI=1S/C20H29N3O2/c1-15(2)17-9-3-4-10-18(17)21-20(25)23-13-6-5-8-16(23)14-22-12-7-11-19(22)24/h3-4,9-10,15-16H,5-8,11-14H2,1-2H3,(H,21,25)/t16-/m0/s1. The predicted octanol–water partition coefficient (Wildman–Crippen LogP) is 3.82. The molecule has 0 spiro atoms. The highest BCUT2D eigenvalue weighted by Gasteiger charge is 2.31. The van der Waals surface area contributed by atoms with Crippen molar-refractivity contribution in [2.45, 2.75) is 57.9 Å². The van der Waals surface area contributed by atoms with Crippen LogP contribution in [0.1, 0.15) is 57.4 Å². The molecule has 2 aliphatic heterocycles. The number of rotatable bonds is 4. The zero-order valence-corrected chi connectivity index (χ0v) is 15.3. The van der Waals surface area contributed by atoms with E-state index < -0.39 is 0 Å². The van der Waals surface area contributed by atoms with Crippen LogP contribution in [-0.4, -0.2) is 47.4 Å². The van der Waals surface area contributed by atoms with Gasteiger partial charge < -0.3 is 15.1 Å². The Morgan fingerprint density at radius 3 is 2.72 bits per heavy atom. The molecule has 3 amide bonds. The molecule has 0 aliphatic carbocycles. The van der Waals surface area contributed by atoms with Crippen LogP contribution in [0.25, 0.3) is 0 Å². The van der Waals surface area contributed by atoms with Crippen molar-refractivity contribution in [2.75, 3.05) is 25.0 Å². The summed E-state index contributed by atoms with van der Waals surface area (Å²) in [5, 5.41) is 3.11. The molecule has 2 saturated heterocycles. The number of benzene rings is 1. The van der Waals surface area contributed by atoms with Crippen LogP contribution in [0, 0.1) is 0 Å². The molecule has 2 fully saturated rings. The molecule has 2 heterocycles. The van der Waals surface area contributed by atoms with E-state index in [1.807, 2.05) is 28.0 Å². The van der Waals surface area contributed by atoms with E-state index in [0.717, 1.165) is 50.0 Å². The Bertz CT molecular complexity index is 629. The quantitative estimate of drug-likeness (QED) is 0.903. The molecule has 25 heavy (non-hydrogen) atoms. The van der Waals surface area contributed by atoms with Gasteiger partial charge in [0.1, 0.15) is 0 Å². The summed E-state index contributed by atoms with van der Waals surface area (Å²) >= 11 is 0. The van der Waals surface area contributed by atoms with Crippen LogP contribution in [0.4, 0.5) is 10.5 Å². The largest absolute Gasteiger partial charge is 0.341 e. The number of hydrogen-bond acceptors (Lipinski definition) is 2. The predicted molar refractivity (Wildman–Crippen MR) is 99.7 cm³/mol. The summed E-state index contributed by atoms with van der Waals surface area (Å²) in [5.41, 5.74) is 2.04. The van der Waals surface area contributed by atoms with Crippen molar-refractivity contribution in [1.29, 1.82) is 0 Å². The molecule has 0 aromatic heterocycles. The summed E-state index contributed by atoms with van der Waals surface area (Å²) in [5.74, 6) is 0.590. The van der Waals surface area contributed by atoms with E-state index in [9.17, 15) is 9.59 Å². The van der Waals surface area contributed by atoms with Gasteiger partial charge in [-0.05, 0) is 43.2 Å². The lowest BCUT2D eigenvalue weighted by Crippen LogP contribution is -2.51. The molecule has 0 saturated carbocycles. The van der Waals surface area contributed by atoms with E-state index in [4.69, 9.17) is 0 Å². The minimum absolute atomic E-state index is 0.0376. The number of para-hydroxylation sites is 1. The van der Waals surface area contributed by atoms with Gasteiger partial charge in [0.2, 0.25) is 5.91 Å². The Balaban J connectivity index is 1.69. The number of nitrogens with one attached hydrogen (secondary N) is 1. The van der Waals surface area contributed by atoms with Gasteiger partial charge in [0.25, 0.3) is 0 Å². The second-order valence-corrected chi connectivity index (χ2v) is 7.46. The highest BCUT2D eigenvalue weighted by molar-refractivity contribution is 5.90. The highest BCUT2D eigenvalue weighted by Crippen LogP contribution is 2.26. The van der Waals surface area contributed by atoms with Crippen molar-refractivity contribution in [3.8, 4) is 0 Å². The Hall–Kier alpha value is -2.04. The molecule has 1 N–H and O–H groups in total. The molecular formula is C20H29N3O2. The zero-order chi connectivity index (χ0) is 17.8. The van der Waals surface area contributed by atoms with Gasteiger partial charge in [-0.2, -0.15) is 0 Å². The van der Waals surface area contributed by atoms with Gasteiger partial charge in [0, 0.05) is 31.7 Å². The van der Waals surface area contributed by atoms with Crippen LogP contribution in [-0.2, 0) is 4.79 Å². The van der Waals surface area contributed by atoms with Gasteiger partial charge in [0.05, 0.1) is 6.04 Å². The number of likely N-dealkylation sites (tertiary alicyclic amines) is 2. The third-order valence-electron chi connectivity index (χ3n) is 5.31. The van der Waals surface area contributed by atoms with E-state index in [2.05, 4.69) is 25.2 Å². The van der Waals surface area contributed by atoms with Crippen molar-refractivity contribution in [2.24, 2.45) is 0 Å². The molecule has 2 aliphatic rings. The average molecular weight is 343 g/mol. The fraction of sp³-hybridized carbons (Fsp3) is 0.600. The van der Waals surface area contributed by atoms with Gasteiger partial charge >= 0.3 is 6.03 Å². The SMILES string of the molecule is CC(C)c1ccccc1NC(=O)N1CCCC[C@H]1CN1CCCC1=O. The minimum Gasteiger partial charge on any atom is -0.341 e. The Labute approximate surface area is 150 Å². The summed E-state index contributed by atoms with van der Waals surface area (Å²) in [6.45, 7) is 6.54. The summed E-state index contributed by atoms with van der Waals surface area (Å²) < 4.78 is 0.